The molecule has 1 fully saturated rings. The zero-order valence-electron chi connectivity index (χ0n) is 10.2. The van der Waals surface area contributed by atoms with Crippen LogP contribution in [-0.4, -0.2) is 23.7 Å². The van der Waals surface area contributed by atoms with Gasteiger partial charge < -0.3 is 10.4 Å². The molecule has 0 aromatic heterocycles. The molecule has 0 amide bonds. The van der Waals surface area contributed by atoms with Crippen molar-refractivity contribution in [2.75, 3.05) is 6.54 Å². The van der Waals surface area contributed by atoms with Crippen molar-refractivity contribution in [1.82, 2.24) is 5.32 Å². The fourth-order valence-electron chi connectivity index (χ4n) is 2.22. The molecule has 92 valence electrons. The van der Waals surface area contributed by atoms with Gasteiger partial charge in [-0.3, -0.25) is 0 Å². The summed E-state index contributed by atoms with van der Waals surface area (Å²) in [5, 5.41) is 12.3. The highest BCUT2D eigenvalue weighted by molar-refractivity contribution is 5.86. The van der Waals surface area contributed by atoms with Crippen LogP contribution in [0.15, 0.2) is 11.6 Å². The van der Waals surface area contributed by atoms with Gasteiger partial charge in [0.1, 0.15) is 0 Å². The molecule has 2 N–H and O–H groups in total. The summed E-state index contributed by atoms with van der Waals surface area (Å²) in [6.45, 7) is 2.58. The van der Waals surface area contributed by atoms with E-state index in [4.69, 9.17) is 5.11 Å². The molecule has 0 saturated heterocycles. The quantitative estimate of drug-likeness (QED) is 0.558. The summed E-state index contributed by atoms with van der Waals surface area (Å²) < 4.78 is 0. The number of nitrogens with one attached hydrogen (secondary N) is 1. The van der Waals surface area contributed by atoms with Gasteiger partial charge in [0.15, 0.2) is 0 Å². The van der Waals surface area contributed by atoms with Gasteiger partial charge in [0.2, 0.25) is 0 Å². The Hall–Kier alpha value is -0.830. The Balaban J connectivity index is 2.29. The van der Waals surface area contributed by atoms with E-state index in [1.807, 2.05) is 13.0 Å². The third kappa shape index (κ3) is 4.79. The first-order chi connectivity index (χ1) is 7.74. The predicted molar refractivity (Wildman–Crippen MR) is 65.5 cm³/mol. The molecular weight excluding hydrogens is 202 g/mol. The number of rotatable bonds is 5. The Morgan fingerprint density at radius 1 is 1.31 bits per heavy atom. The van der Waals surface area contributed by atoms with Gasteiger partial charge in [-0.2, -0.15) is 0 Å². The lowest BCUT2D eigenvalue weighted by Gasteiger charge is -2.14. The lowest BCUT2D eigenvalue weighted by Crippen LogP contribution is -2.28. The number of aliphatic carboxylic acids is 1. The van der Waals surface area contributed by atoms with Crippen molar-refractivity contribution in [3.8, 4) is 0 Å². The number of carbonyl (C=O) groups is 1. The molecule has 0 heterocycles. The topological polar surface area (TPSA) is 49.3 Å². The predicted octanol–water partition coefficient (Wildman–Crippen LogP) is 2.72. The summed E-state index contributed by atoms with van der Waals surface area (Å²) in [5.74, 6) is -0.787. The molecule has 16 heavy (non-hydrogen) atoms. The smallest absolute Gasteiger partial charge is 0.331 e. The minimum Gasteiger partial charge on any atom is -0.478 e. The van der Waals surface area contributed by atoms with Gasteiger partial charge in [-0.25, -0.2) is 4.79 Å². The number of carboxylic acids is 1. The van der Waals surface area contributed by atoms with E-state index in [9.17, 15) is 4.79 Å². The van der Waals surface area contributed by atoms with Crippen molar-refractivity contribution in [3.05, 3.63) is 11.6 Å². The molecule has 3 nitrogen and oxygen atoms in total. The second kappa shape index (κ2) is 7.44. The molecule has 3 heteroatoms. The molecule has 0 aromatic rings. The van der Waals surface area contributed by atoms with Gasteiger partial charge in [-0.15, -0.1) is 0 Å². The van der Waals surface area contributed by atoms with E-state index < -0.39 is 5.97 Å². The zero-order chi connectivity index (χ0) is 11.8. The SMILES string of the molecule is CCC(=CCNC1CCCCCC1)C(=O)O. The van der Waals surface area contributed by atoms with Crippen LogP contribution in [0.5, 0.6) is 0 Å². The Kier molecular flexibility index (Phi) is 6.16. The molecule has 0 unspecified atom stereocenters. The van der Waals surface area contributed by atoms with E-state index in [0.29, 0.717) is 24.6 Å². The summed E-state index contributed by atoms with van der Waals surface area (Å²) in [5.41, 5.74) is 0.515. The average molecular weight is 225 g/mol. The number of hydrogen-bond donors (Lipinski definition) is 2. The first-order valence-corrected chi connectivity index (χ1v) is 6.39. The third-order valence-electron chi connectivity index (χ3n) is 3.27. The second-order valence-corrected chi connectivity index (χ2v) is 4.48. The molecule has 1 saturated carbocycles. The van der Waals surface area contributed by atoms with Crippen LogP contribution in [0.1, 0.15) is 51.9 Å². The highest BCUT2D eigenvalue weighted by Crippen LogP contribution is 2.17. The Labute approximate surface area is 97.9 Å². The van der Waals surface area contributed by atoms with Gasteiger partial charge in [-0.05, 0) is 19.3 Å². The van der Waals surface area contributed by atoms with Crippen LogP contribution < -0.4 is 5.32 Å². The first kappa shape index (κ1) is 13.2. The van der Waals surface area contributed by atoms with Gasteiger partial charge in [0.05, 0.1) is 0 Å². The summed E-state index contributed by atoms with van der Waals surface area (Å²) in [4.78, 5) is 10.8. The number of hydrogen-bond acceptors (Lipinski definition) is 2. The molecule has 1 rings (SSSR count). The standard InChI is InChI=1S/C13H23NO2/c1-2-11(13(15)16)9-10-14-12-7-5-3-4-6-8-12/h9,12,14H,2-8,10H2,1H3,(H,15,16). The van der Waals surface area contributed by atoms with Crippen LogP contribution in [0.2, 0.25) is 0 Å². The monoisotopic (exact) mass is 225 g/mol. The second-order valence-electron chi connectivity index (χ2n) is 4.48. The zero-order valence-corrected chi connectivity index (χ0v) is 10.2. The van der Waals surface area contributed by atoms with E-state index in [1.54, 1.807) is 0 Å². The lowest BCUT2D eigenvalue weighted by molar-refractivity contribution is -0.132. The van der Waals surface area contributed by atoms with Crippen LogP contribution >= 0.6 is 0 Å². The number of carboxylic acid groups (broad SMARTS) is 1. The lowest BCUT2D eigenvalue weighted by atomic mass is 10.1. The Bertz CT molecular complexity index is 240. The van der Waals surface area contributed by atoms with Gasteiger partial charge >= 0.3 is 5.97 Å². The Morgan fingerprint density at radius 2 is 1.94 bits per heavy atom. The molecule has 0 spiro atoms. The first-order valence-electron chi connectivity index (χ1n) is 6.39. The summed E-state index contributed by atoms with van der Waals surface area (Å²) in [7, 11) is 0. The molecule has 0 bridgehead atoms. The van der Waals surface area contributed by atoms with Crippen LogP contribution in [0, 0.1) is 0 Å². The van der Waals surface area contributed by atoms with Crippen molar-refractivity contribution in [3.63, 3.8) is 0 Å². The molecule has 0 aromatic carbocycles. The van der Waals surface area contributed by atoms with E-state index in [-0.39, 0.29) is 0 Å². The molecule has 0 atom stereocenters. The fraction of sp³-hybridized carbons (Fsp3) is 0.769. The van der Waals surface area contributed by atoms with E-state index in [1.165, 1.54) is 38.5 Å². The molecule has 1 aliphatic carbocycles. The minimum atomic E-state index is -0.787. The molecule has 0 aliphatic heterocycles. The third-order valence-corrected chi connectivity index (χ3v) is 3.27. The van der Waals surface area contributed by atoms with E-state index in [0.717, 1.165) is 0 Å². The largest absolute Gasteiger partial charge is 0.478 e. The van der Waals surface area contributed by atoms with Crippen LogP contribution in [-0.2, 0) is 4.79 Å². The maximum Gasteiger partial charge on any atom is 0.331 e. The average Bonchev–Trinajstić information content (AvgIpc) is 2.52. The summed E-state index contributed by atoms with van der Waals surface area (Å²) in [6.07, 6.45) is 10.2. The van der Waals surface area contributed by atoms with Crippen LogP contribution in [0.25, 0.3) is 0 Å². The minimum absolute atomic E-state index is 0.515. The van der Waals surface area contributed by atoms with E-state index >= 15 is 0 Å². The summed E-state index contributed by atoms with van der Waals surface area (Å²) in [6, 6.07) is 0.589. The van der Waals surface area contributed by atoms with Crippen molar-refractivity contribution in [1.29, 1.82) is 0 Å². The summed E-state index contributed by atoms with van der Waals surface area (Å²) >= 11 is 0. The highest BCUT2D eigenvalue weighted by atomic mass is 16.4. The fourth-order valence-corrected chi connectivity index (χ4v) is 2.22. The van der Waals surface area contributed by atoms with Crippen molar-refractivity contribution >= 4 is 5.97 Å². The van der Waals surface area contributed by atoms with Gasteiger partial charge in [-0.1, -0.05) is 38.7 Å². The van der Waals surface area contributed by atoms with Crippen LogP contribution in [0.4, 0.5) is 0 Å². The molecule has 0 radical (unpaired) electrons. The van der Waals surface area contributed by atoms with Crippen molar-refractivity contribution < 1.29 is 9.90 Å². The van der Waals surface area contributed by atoms with Gasteiger partial charge in [0.25, 0.3) is 0 Å². The van der Waals surface area contributed by atoms with Gasteiger partial charge in [0, 0.05) is 18.2 Å². The van der Waals surface area contributed by atoms with Crippen LogP contribution in [0.3, 0.4) is 0 Å². The van der Waals surface area contributed by atoms with E-state index in [2.05, 4.69) is 5.32 Å². The molecule has 1 aliphatic rings. The van der Waals surface area contributed by atoms with Crippen molar-refractivity contribution in [2.45, 2.75) is 57.9 Å². The maximum atomic E-state index is 10.8. The highest BCUT2D eigenvalue weighted by Gasteiger charge is 2.10. The maximum absolute atomic E-state index is 10.8. The normalized spacial score (nSPS) is 19.4. The Morgan fingerprint density at radius 3 is 2.44 bits per heavy atom. The van der Waals surface area contributed by atoms with Crippen molar-refractivity contribution in [2.24, 2.45) is 0 Å². The molecular formula is C13H23NO2.